The first-order valence-electron chi connectivity index (χ1n) is 11.7. The molecule has 1 aliphatic rings. The van der Waals surface area contributed by atoms with Crippen LogP contribution in [0, 0.1) is 6.92 Å². The van der Waals surface area contributed by atoms with Crippen LogP contribution in [0.1, 0.15) is 54.0 Å². The van der Waals surface area contributed by atoms with E-state index in [2.05, 4.69) is 77.7 Å². The predicted molar refractivity (Wildman–Crippen MR) is 134 cm³/mol. The first-order chi connectivity index (χ1) is 16.0. The molecule has 1 aromatic heterocycles. The number of amides is 1. The lowest BCUT2D eigenvalue weighted by atomic mass is 10.1. The molecule has 0 saturated carbocycles. The zero-order chi connectivity index (χ0) is 23.4. The van der Waals surface area contributed by atoms with Gasteiger partial charge in [0, 0.05) is 49.1 Å². The molecule has 1 aliphatic heterocycles. The third-order valence-electron chi connectivity index (χ3n) is 6.15. The van der Waals surface area contributed by atoms with Crippen molar-refractivity contribution in [1.29, 1.82) is 0 Å². The number of carbonyl (C=O) groups is 1. The van der Waals surface area contributed by atoms with Crippen molar-refractivity contribution in [2.75, 3.05) is 32.7 Å². The lowest BCUT2D eigenvalue weighted by Crippen LogP contribution is -2.48. The Hall–Kier alpha value is -2.64. The number of piperazine rings is 1. The van der Waals surface area contributed by atoms with Crippen molar-refractivity contribution >= 4 is 17.7 Å². The third kappa shape index (κ3) is 5.31. The quantitative estimate of drug-likeness (QED) is 0.473. The van der Waals surface area contributed by atoms with E-state index in [-0.39, 0.29) is 11.8 Å². The molecule has 33 heavy (non-hydrogen) atoms. The van der Waals surface area contributed by atoms with Crippen molar-refractivity contribution in [3.8, 4) is 5.69 Å². The maximum atomic E-state index is 13.3. The van der Waals surface area contributed by atoms with Gasteiger partial charge in [0.25, 0.3) is 5.91 Å². The Morgan fingerprint density at radius 2 is 1.79 bits per heavy atom. The Morgan fingerprint density at radius 3 is 2.48 bits per heavy atom. The third-order valence-corrected chi connectivity index (χ3v) is 7.12. The highest BCUT2D eigenvalue weighted by Crippen LogP contribution is 2.29. The second-order valence-corrected chi connectivity index (χ2v) is 9.78. The Morgan fingerprint density at radius 1 is 1.03 bits per heavy atom. The van der Waals surface area contributed by atoms with E-state index in [4.69, 9.17) is 0 Å². The molecule has 0 radical (unpaired) electrons. The average molecular weight is 464 g/mol. The standard InChI is InChI=1S/C26H33N5OS/c1-5-29-13-15-30(16-14-29)25(32)23-12-7-6-10-21(23)18-33-26-28-27-24(19(2)3)31(26)22-11-8-9-20(4)17-22/h6-12,17,19H,5,13-16,18H2,1-4H3. The molecule has 0 aliphatic carbocycles. The van der Waals surface area contributed by atoms with Gasteiger partial charge in [0.15, 0.2) is 5.16 Å². The van der Waals surface area contributed by atoms with E-state index in [1.165, 1.54) is 5.56 Å². The highest BCUT2D eigenvalue weighted by Gasteiger charge is 2.24. The number of benzene rings is 2. The molecule has 0 bridgehead atoms. The molecule has 174 valence electrons. The van der Waals surface area contributed by atoms with E-state index < -0.39 is 0 Å². The normalized spacial score (nSPS) is 14.8. The first-order valence-corrected chi connectivity index (χ1v) is 12.7. The summed E-state index contributed by atoms with van der Waals surface area (Å²) >= 11 is 1.63. The summed E-state index contributed by atoms with van der Waals surface area (Å²) in [6, 6.07) is 16.4. The molecule has 0 spiro atoms. The molecule has 1 amide bonds. The zero-order valence-electron chi connectivity index (χ0n) is 20.0. The highest BCUT2D eigenvalue weighted by molar-refractivity contribution is 7.98. The van der Waals surface area contributed by atoms with Crippen LogP contribution < -0.4 is 0 Å². The second-order valence-electron chi connectivity index (χ2n) is 8.84. The minimum Gasteiger partial charge on any atom is -0.336 e. The van der Waals surface area contributed by atoms with Crippen molar-refractivity contribution in [3.63, 3.8) is 0 Å². The van der Waals surface area contributed by atoms with Gasteiger partial charge in [-0.15, -0.1) is 10.2 Å². The smallest absolute Gasteiger partial charge is 0.254 e. The van der Waals surface area contributed by atoms with Crippen LogP contribution in [0.2, 0.25) is 0 Å². The highest BCUT2D eigenvalue weighted by atomic mass is 32.2. The van der Waals surface area contributed by atoms with E-state index in [9.17, 15) is 4.79 Å². The van der Waals surface area contributed by atoms with Crippen LogP contribution in [0.15, 0.2) is 53.7 Å². The molecule has 3 aromatic rings. The van der Waals surface area contributed by atoms with E-state index >= 15 is 0 Å². The number of likely N-dealkylation sites (N-methyl/N-ethyl adjacent to an activating group) is 1. The molecule has 2 aromatic carbocycles. The van der Waals surface area contributed by atoms with Gasteiger partial charge in [-0.1, -0.05) is 62.9 Å². The van der Waals surface area contributed by atoms with Crippen LogP contribution in [0.4, 0.5) is 0 Å². The van der Waals surface area contributed by atoms with E-state index in [1.807, 2.05) is 23.1 Å². The van der Waals surface area contributed by atoms with Crippen molar-refractivity contribution in [1.82, 2.24) is 24.6 Å². The molecule has 0 unspecified atom stereocenters. The minimum atomic E-state index is 0.130. The molecule has 6 nitrogen and oxygen atoms in total. The van der Waals surface area contributed by atoms with Crippen LogP contribution in [0.3, 0.4) is 0 Å². The van der Waals surface area contributed by atoms with Gasteiger partial charge in [-0.2, -0.15) is 0 Å². The van der Waals surface area contributed by atoms with Gasteiger partial charge in [0.1, 0.15) is 5.82 Å². The van der Waals surface area contributed by atoms with Gasteiger partial charge in [-0.05, 0) is 42.8 Å². The SMILES string of the molecule is CCN1CCN(C(=O)c2ccccc2CSc2nnc(C(C)C)n2-c2cccc(C)c2)CC1. The Bertz CT molecular complexity index is 1100. The maximum absolute atomic E-state index is 13.3. The van der Waals surface area contributed by atoms with Gasteiger partial charge >= 0.3 is 0 Å². The summed E-state index contributed by atoms with van der Waals surface area (Å²) in [7, 11) is 0. The molecule has 7 heteroatoms. The van der Waals surface area contributed by atoms with Crippen molar-refractivity contribution < 1.29 is 4.79 Å². The molecule has 2 heterocycles. The van der Waals surface area contributed by atoms with Crippen LogP contribution in [0.25, 0.3) is 5.69 Å². The fraction of sp³-hybridized carbons (Fsp3) is 0.423. The van der Waals surface area contributed by atoms with Crippen molar-refractivity contribution in [3.05, 3.63) is 71.0 Å². The summed E-state index contributed by atoms with van der Waals surface area (Å²) in [5.74, 6) is 1.99. The summed E-state index contributed by atoms with van der Waals surface area (Å²) < 4.78 is 2.15. The van der Waals surface area contributed by atoms with Gasteiger partial charge in [-0.3, -0.25) is 9.36 Å². The van der Waals surface area contributed by atoms with Crippen molar-refractivity contribution in [2.45, 2.75) is 44.5 Å². The summed E-state index contributed by atoms with van der Waals surface area (Å²) in [5.41, 5.74) is 4.10. The van der Waals surface area contributed by atoms with Gasteiger partial charge < -0.3 is 9.80 Å². The first kappa shape index (κ1) is 23.5. The molecule has 1 saturated heterocycles. The monoisotopic (exact) mass is 463 g/mol. The number of hydrogen-bond acceptors (Lipinski definition) is 5. The lowest BCUT2D eigenvalue weighted by molar-refractivity contribution is 0.0642. The van der Waals surface area contributed by atoms with Gasteiger partial charge in [-0.25, -0.2) is 0 Å². The lowest BCUT2D eigenvalue weighted by Gasteiger charge is -2.34. The fourth-order valence-electron chi connectivity index (χ4n) is 4.19. The van der Waals surface area contributed by atoms with Crippen molar-refractivity contribution in [2.24, 2.45) is 0 Å². The summed E-state index contributed by atoms with van der Waals surface area (Å²) in [6.45, 7) is 13.0. The summed E-state index contributed by atoms with van der Waals surface area (Å²) in [5, 5.41) is 9.86. The van der Waals surface area contributed by atoms with Crippen LogP contribution >= 0.6 is 11.8 Å². The number of hydrogen-bond donors (Lipinski definition) is 0. The second kappa shape index (κ2) is 10.5. The molecular formula is C26H33N5OS. The van der Waals surface area contributed by atoms with E-state index in [0.29, 0.717) is 5.75 Å². The topological polar surface area (TPSA) is 54.3 Å². The molecule has 0 N–H and O–H groups in total. The van der Waals surface area contributed by atoms with Crippen LogP contribution in [-0.4, -0.2) is 63.2 Å². The van der Waals surface area contributed by atoms with Gasteiger partial charge in [0.05, 0.1) is 0 Å². The van der Waals surface area contributed by atoms with E-state index in [0.717, 1.165) is 60.5 Å². The molecule has 4 rings (SSSR count). The molecule has 1 fully saturated rings. The average Bonchev–Trinajstić information content (AvgIpc) is 3.27. The fourth-order valence-corrected chi connectivity index (χ4v) is 5.16. The number of thioether (sulfide) groups is 1. The Kier molecular flexibility index (Phi) is 7.50. The number of nitrogens with zero attached hydrogens (tertiary/aromatic N) is 5. The largest absolute Gasteiger partial charge is 0.336 e. The van der Waals surface area contributed by atoms with E-state index in [1.54, 1.807) is 11.8 Å². The van der Waals surface area contributed by atoms with Crippen LogP contribution in [0.5, 0.6) is 0 Å². The number of aromatic nitrogens is 3. The maximum Gasteiger partial charge on any atom is 0.254 e. The predicted octanol–water partition coefficient (Wildman–Crippen LogP) is 4.77. The Balaban J connectivity index is 1.56. The molecule has 0 atom stereocenters. The number of carbonyl (C=O) groups excluding carboxylic acids is 1. The zero-order valence-corrected chi connectivity index (χ0v) is 20.8. The minimum absolute atomic E-state index is 0.130. The molecular weight excluding hydrogens is 430 g/mol. The van der Waals surface area contributed by atoms with Crippen LogP contribution in [-0.2, 0) is 5.75 Å². The van der Waals surface area contributed by atoms with Gasteiger partial charge in [0.2, 0.25) is 0 Å². The summed E-state index contributed by atoms with van der Waals surface area (Å²) in [6.07, 6.45) is 0. The number of rotatable bonds is 7. The summed E-state index contributed by atoms with van der Waals surface area (Å²) in [4.78, 5) is 17.7. The Labute approximate surface area is 201 Å². The number of aryl methyl sites for hydroxylation is 1.